The minimum atomic E-state index is 0.527. The average Bonchev–Trinajstić information content (AvgIpc) is 2.79. The van der Waals surface area contributed by atoms with Crippen LogP contribution in [0.3, 0.4) is 0 Å². The number of benzene rings is 3. The van der Waals surface area contributed by atoms with Gasteiger partial charge in [0, 0.05) is 16.7 Å². The minimum absolute atomic E-state index is 0.527. The molecule has 0 aliphatic rings. The van der Waals surface area contributed by atoms with Crippen LogP contribution in [0.25, 0.3) is 33.9 Å². The van der Waals surface area contributed by atoms with Crippen LogP contribution in [0.15, 0.2) is 78.9 Å². The van der Waals surface area contributed by atoms with E-state index in [1.807, 2.05) is 78.9 Å². The van der Waals surface area contributed by atoms with Gasteiger partial charge in [0.15, 0.2) is 17.3 Å². The molecule has 0 saturated heterocycles. The predicted octanol–water partition coefficient (Wildman–Crippen LogP) is 4.89. The van der Waals surface area contributed by atoms with E-state index in [1.54, 1.807) is 14.2 Å². The highest BCUT2D eigenvalue weighted by atomic mass is 16.5. The maximum Gasteiger partial charge on any atom is 0.182 e. The van der Waals surface area contributed by atoms with Gasteiger partial charge in [0.1, 0.15) is 11.4 Å². The first-order valence-electron chi connectivity index (χ1n) is 8.88. The number of methoxy groups -OCH3 is 2. The molecule has 3 aromatic carbocycles. The first kappa shape index (κ1) is 17.7. The van der Waals surface area contributed by atoms with Crippen LogP contribution < -0.4 is 9.47 Å². The largest absolute Gasteiger partial charge is 0.493 e. The fourth-order valence-corrected chi connectivity index (χ4v) is 3.01. The second kappa shape index (κ2) is 7.88. The van der Waals surface area contributed by atoms with Gasteiger partial charge in [-0.1, -0.05) is 60.7 Å². The van der Waals surface area contributed by atoms with Gasteiger partial charge in [0.25, 0.3) is 0 Å². The summed E-state index contributed by atoms with van der Waals surface area (Å²) in [5, 5.41) is 8.90. The van der Waals surface area contributed by atoms with Gasteiger partial charge in [0.05, 0.1) is 14.2 Å². The summed E-state index contributed by atoms with van der Waals surface area (Å²) in [7, 11) is 3.21. The Morgan fingerprint density at radius 2 is 1.18 bits per heavy atom. The summed E-state index contributed by atoms with van der Waals surface area (Å²) in [6.07, 6.45) is 0. The summed E-state index contributed by atoms with van der Waals surface area (Å²) in [6.45, 7) is 0. The Hall–Kier alpha value is -3.73. The third kappa shape index (κ3) is 3.42. The average molecular weight is 369 g/mol. The van der Waals surface area contributed by atoms with Crippen molar-refractivity contribution in [2.24, 2.45) is 0 Å². The van der Waals surface area contributed by atoms with Crippen LogP contribution in [0.1, 0.15) is 0 Å². The first-order chi connectivity index (χ1) is 13.8. The Kier molecular flexibility index (Phi) is 4.97. The highest BCUT2D eigenvalue weighted by Gasteiger charge is 2.15. The highest BCUT2D eigenvalue weighted by Crippen LogP contribution is 2.33. The van der Waals surface area contributed by atoms with Crippen LogP contribution >= 0.6 is 0 Å². The summed E-state index contributed by atoms with van der Waals surface area (Å²) in [5.41, 5.74) is 4.29. The van der Waals surface area contributed by atoms with Crippen molar-refractivity contribution in [1.29, 1.82) is 0 Å². The van der Waals surface area contributed by atoms with E-state index in [1.165, 1.54) is 0 Å². The van der Waals surface area contributed by atoms with Crippen molar-refractivity contribution in [2.75, 3.05) is 14.2 Å². The normalized spacial score (nSPS) is 10.5. The van der Waals surface area contributed by atoms with Gasteiger partial charge in [-0.15, -0.1) is 10.2 Å². The number of hydrogen-bond acceptors (Lipinski definition) is 5. The number of rotatable bonds is 5. The SMILES string of the molecule is COc1ccc(-c2nnc(-c3ccccc3)c(-c3ccccc3)n2)cc1OC. The van der Waals surface area contributed by atoms with Gasteiger partial charge in [-0.05, 0) is 18.2 Å². The van der Waals surface area contributed by atoms with Gasteiger partial charge >= 0.3 is 0 Å². The lowest BCUT2D eigenvalue weighted by Crippen LogP contribution is -2.00. The van der Waals surface area contributed by atoms with E-state index in [2.05, 4.69) is 10.2 Å². The monoisotopic (exact) mass is 369 g/mol. The van der Waals surface area contributed by atoms with Gasteiger partial charge < -0.3 is 9.47 Å². The van der Waals surface area contributed by atoms with Crippen LogP contribution in [0, 0.1) is 0 Å². The molecular formula is C23H19N3O2. The lowest BCUT2D eigenvalue weighted by atomic mass is 10.0. The number of hydrogen-bond donors (Lipinski definition) is 0. The number of aromatic nitrogens is 3. The molecule has 0 fully saturated rings. The van der Waals surface area contributed by atoms with Gasteiger partial charge in [0.2, 0.25) is 0 Å². The third-order valence-corrected chi connectivity index (χ3v) is 4.42. The van der Waals surface area contributed by atoms with Crippen molar-refractivity contribution >= 4 is 0 Å². The van der Waals surface area contributed by atoms with Crippen molar-refractivity contribution in [2.45, 2.75) is 0 Å². The zero-order valence-electron chi connectivity index (χ0n) is 15.7. The lowest BCUT2D eigenvalue weighted by Gasteiger charge is -2.11. The van der Waals surface area contributed by atoms with Crippen LogP contribution in [-0.4, -0.2) is 29.4 Å². The summed E-state index contributed by atoms with van der Waals surface area (Å²) >= 11 is 0. The maximum atomic E-state index is 5.41. The topological polar surface area (TPSA) is 57.1 Å². The van der Waals surface area contributed by atoms with Crippen molar-refractivity contribution in [3.05, 3.63) is 78.9 Å². The zero-order valence-corrected chi connectivity index (χ0v) is 15.7. The molecule has 1 aromatic heterocycles. The van der Waals surface area contributed by atoms with E-state index in [9.17, 15) is 0 Å². The molecule has 0 saturated carbocycles. The third-order valence-electron chi connectivity index (χ3n) is 4.42. The Morgan fingerprint density at radius 1 is 0.571 bits per heavy atom. The Bertz CT molecular complexity index is 1080. The van der Waals surface area contributed by atoms with Crippen LogP contribution in [-0.2, 0) is 0 Å². The molecule has 0 unspecified atom stereocenters. The fraction of sp³-hybridized carbons (Fsp3) is 0.0870. The van der Waals surface area contributed by atoms with Gasteiger partial charge in [-0.2, -0.15) is 0 Å². The summed E-state index contributed by atoms with van der Waals surface area (Å²) in [4.78, 5) is 4.85. The molecule has 4 rings (SSSR count). The molecule has 4 aromatic rings. The van der Waals surface area contributed by atoms with Crippen molar-refractivity contribution in [3.8, 4) is 45.4 Å². The second-order valence-electron chi connectivity index (χ2n) is 6.13. The van der Waals surface area contributed by atoms with Gasteiger partial charge in [-0.3, -0.25) is 0 Å². The molecule has 5 nitrogen and oxygen atoms in total. The van der Waals surface area contributed by atoms with E-state index < -0.39 is 0 Å². The highest BCUT2D eigenvalue weighted by molar-refractivity contribution is 5.78. The van der Waals surface area contributed by atoms with E-state index in [0.29, 0.717) is 17.3 Å². The summed E-state index contributed by atoms with van der Waals surface area (Å²) in [5.74, 6) is 1.81. The van der Waals surface area contributed by atoms with Crippen LogP contribution in [0.2, 0.25) is 0 Å². The molecule has 1 heterocycles. The lowest BCUT2D eigenvalue weighted by molar-refractivity contribution is 0.355. The van der Waals surface area contributed by atoms with Gasteiger partial charge in [-0.25, -0.2) is 4.98 Å². The molecule has 0 N–H and O–H groups in total. The second-order valence-corrected chi connectivity index (χ2v) is 6.13. The molecule has 5 heteroatoms. The van der Waals surface area contributed by atoms with Crippen molar-refractivity contribution < 1.29 is 9.47 Å². The molecule has 138 valence electrons. The smallest absolute Gasteiger partial charge is 0.182 e. The molecule has 0 amide bonds. The van der Waals surface area contributed by atoms with E-state index in [0.717, 1.165) is 28.1 Å². The fourth-order valence-electron chi connectivity index (χ4n) is 3.01. The van der Waals surface area contributed by atoms with Crippen LogP contribution in [0.5, 0.6) is 11.5 Å². The van der Waals surface area contributed by atoms with E-state index in [-0.39, 0.29) is 0 Å². The number of ether oxygens (including phenoxy) is 2. The predicted molar refractivity (Wildman–Crippen MR) is 109 cm³/mol. The van der Waals surface area contributed by atoms with E-state index in [4.69, 9.17) is 14.5 Å². The van der Waals surface area contributed by atoms with E-state index >= 15 is 0 Å². The molecular weight excluding hydrogens is 350 g/mol. The molecule has 0 spiro atoms. The molecule has 0 bridgehead atoms. The van der Waals surface area contributed by atoms with Crippen molar-refractivity contribution in [1.82, 2.24) is 15.2 Å². The molecule has 0 radical (unpaired) electrons. The molecule has 0 atom stereocenters. The molecule has 28 heavy (non-hydrogen) atoms. The minimum Gasteiger partial charge on any atom is -0.493 e. The standard InChI is InChI=1S/C23H19N3O2/c1-27-19-14-13-18(15-20(19)28-2)23-24-21(16-9-5-3-6-10-16)22(25-26-23)17-11-7-4-8-12-17/h3-15H,1-2H3. The number of nitrogens with zero attached hydrogens (tertiary/aromatic N) is 3. The van der Waals surface area contributed by atoms with Crippen LogP contribution in [0.4, 0.5) is 0 Å². The van der Waals surface area contributed by atoms with Crippen molar-refractivity contribution in [3.63, 3.8) is 0 Å². The molecule has 0 aliphatic carbocycles. The first-order valence-corrected chi connectivity index (χ1v) is 8.88. The zero-order chi connectivity index (χ0) is 19.3. The Balaban J connectivity index is 1.88. The Morgan fingerprint density at radius 3 is 1.79 bits per heavy atom. The molecule has 0 aliphatic heterocycles. The quantitative estimate of drug-likeness (QED) is 0.501. The summed E-state index contributed by atoms with van der Waals surface area (Å²) in [6, 6.07) is 25.5. The Labute approximate surface area is 163 Å². The maximum absolute atomic E-state index is 5.41. The summed E-state index contributed by atoms with van der Waals surface area (Å²) < 4.78 is 10.7.